The van der Waals surface area contributed by atoms with Crippen LogP contribution in [-0.4, -0.2) is 41.0 Å². The molecule has 0 heterocycles. The second-order valence-corrected chi connectivity index (χ2v) is 10.1. The van der Waals surface area contributed by atoms with Crippen LogP contribution in [0.5, 0.6) is 0 Å². The molecule has 2 aromatic rings. The van der Waals surface area contributed by atoms with Crippen molar-refractivity contribution >= 4 is 35.2 Å². The molecular formula is C27H33ClN4O4. The number of halogens is 1. The molecule has 0 aromatic heterocycles. The summed E-state index contributed by atoms with van der Waals surface area (Å²) in [5.74, 6) is -1.15. The highest BCUT2D eigenvalue weighted by Crippen LogP contribution is 2.30. The first-order valence-corrected chi connectivity index (χ1v) is 11.9. The number of nitrogens with one attached hydrogen (secondary N) is 2. The topological polar surface area (TPSA) is 112 Å². The third-order valence-electron chi connectivity index (χ3n) is 5.50. The Morgan fingerprint density at radius 2 is 1.75 bits per heavy atom. The van der Waals surface area contributed by atoms with Crippen LogP contribution in [0, 0.1) is 32.1 Å². The minimum Gasteiger partial charge on any atom is -0.444 e. The van der Waals surface area contributed by atoms with E-state index in [1.54, 1.807) is 52.0 Å². The number of ether oxygens (including phenoxy) is 1. The Hall–Kier alpha value is -3.57. The first kappa shape index (κ1) is 28.7. The van der Waals surface area contributed by atoms with Gasteiger partial charge in [-0.25, -0.2) is 4.79 Å². The monoisotopic (exact) mass is 512 g/mol. The lowest BCUT2D eigenvalue weighted by atomic mass is 9.98. The number of nitriles is 1. The predicted molar refractivity (Wildman–Crippen MR) is 140 cm³/mol. The molecule has 0 radical (unpaired) electrons. The van der Waals surface area contributed by atoms with Crippen LogP contribution in [0.2, 0.25) is 5.02 Å². The largest absolute Gasteiger partial charge is 0.444 e. The van der Waals surface area contributed by atoms with E-state index in [0.717, 1.165) is 21.6 Å². The fourth-order valence-electron chi connectivity index (χ4n) is 3.56. The zero-order valence-corrected chi connectivity index (χ0v) is 22.5. The van der Waals surface area contributed by atoms with Gasteiger partial charge in [0.25, 0.3) is 5.91 Å². The number of para-hydroxylation sites is 1. The molecule has 0 aliphatic carbocycles. The van der Waals surface area contributed by atoms with Crippen LogP contribution >= 0.6 is 11.6 Å². The number of carbonyl (C=O) groups excluding carboxylic acids is 3. The van der Waals surface area contributed by atoms with Crippen molar-refractivity contribution in [2.24, 2.45) is 0 Å². The van der Waals surface area contributed by atoms with E-state index in [4.69, 9.17) is 16.3 Å². The van der Waals surface area contributed by atoms with Crippen LogP contribution in [-0.2, 0) is 14.3 Å². The van der Waals surface area contributed by atoms with Gasteiger partial charge in [-0.3, -0.25) is 9.59 Å². The van der Waals surface area contributed by atoms with Crippen LogP contribution in [0.1, 0.15) is 56.0 Å². The maximum absolute atomic E-state index is 13.7. The minimum absolute atomic E-state index is 0.348. The number of amides is 3. The van der Waals surface area contributed by atoms with Gasteiger partial charge in [-0.2, -0.15) is 5.26 Å². The van der Waals surface area contributed by atoms with Gasteiger partial charge in [0.15, 0.2) is 0 Å². The molecule has 0 saturated heterocycles. The number of carbonyl (C=O) groups is 3. The average Bonchev–Trinajstić information content (AvgIpc) is 2.76. The van der Waals surface area contributed by atoms with E-state index in [9.17, 15) is 19.6 Å². The molecule has 0 aliphatic rings. The molecule has 0 fully saturated rings. The standard InChI is InChI=1S/C27H33ClN4O4/c1-16-11-12-20(15-18(16)3)23(24(33)31-22-17(2)9-8-10-21(22)28)32(14-13-29)25(34)19(4)30-26(35)36-27(5,6)7/h8-12,15,19,23H,14H2,1-7H3,(H,30,35)(H,31,33). The van der Waals surface area contributed by atoms with Crippen molar-refractivity contribution in [2.75, 3.05) is 11.9 Å². The summed E-state index contributed by atoms with van der Waals surface area (Å²) in [7, 11) is 0. The number of anilines is 1. The van der Waals surface area contributed by atoms with Crippen LogP contribution < -0.4 is 10.6 Å². The van der Waals surface area contributed by atoms with E-state index in [0.29, 0.717) is 16.3 Å². The molecule has 2 rings (SSSR count). The van der Waals surface area contributed by atoms with Gasteiger partial charge in [0.1, 0.15) is 24.2 Å². The Kier molecular flexibility index (Phi) is 9.48. The summed E-state index contributed by atoms with van der Waals surface area (Å²) in [5, 5.41) is 15.2. The fourth-order valence-corrected chi connectivity index (χ4v) is 3.83. The Bertz CT molecular complexity index is 1160. The molecular weight excluding hydrogens is 480 g/mol. The molecule has 0 spiro atoms. The Balaban J connectivity index is 2.49. The van der Waals surface area contributed by atoms with Crippen molar-refractivity contribution < 1.29 is 19.1 Å². The number of hydrogen-bond acceptors (Lipinski definition) is 5. The predicted octanol–water partition coefficient (Wildman–Crippen LogP) is 5.21. The third-order valence-corrected chi connectivity index (χ3v) is 5.82. The van der Waals surface area contributed by atoms with Gasteiger partial charge < -0.3 is 20.3 Å². The zero-order chi connectivity index (χ0) is 27.2. The van der Waals surface area contributed by atoms with Gasteiger partial charge in [0.2, 0.25) is 5.91 Å². The molecule has 2 unspecified atom stereocenters. The van der Waals surface area contributed by atoms with Crippen molar-refractivity contribution in [1.82, 2.24) is 10.2 Å². The molecule has 0 saturated carbocycles. The van der Waals surface area contributed by atoms with E-state index < -0.39 is 35.6 Å². The van der Waals surface area contributed by atoms with E-state index in [-0.39, 0.29) is 6.54 Å². The van der Waals surface area contributed by atoms with Crippen molar-refractivity contribution in [3.63, 3.8) is 0 Å². The maximum atomic E-state index is 13.7. The summed E-state index contributed by atoms with van der Waals surface area (Å²) in [5.41, 5.74) is 2.86. The third kappa shape index (κ3) is 7.46. The van der Waals surface area contributed by atoms with Crippen molar-refractivity contribution in [2.45, 2.75) is 66.2 Å². The molecule has 2 aromatic carbocycles. The molecule has 9 heteroatoms. The highest BCUT2D eigenvalue weighted by molar-refractivity contribution is 6.34. The summed E-state index contributed by atoms with van der Waals surface area (Å²) < 4.78 is 5.25. The minimum atomic E-state index is -1.16. The number of hydrogen-bond donors (Lipinski definition) is 2. The second-order valence-electron chi connectivity index (χ2n) is 9.66. The zero-order valence-electron chi connectivity index (χ0n) is 21.7. The van der Waals surface area contributed by atoms with E-state index >= 15 is 0 Å². The van der Waals surface area contributed by atoms with Crippen LogP contribution in [0.25, 0.3) is 0 Å². The average molecular weight is 513 g/mol. The highest BCUT2D eigenvalue weighted by atomic mass is 35.5. The van der Waals surface area contributed by atoms with Crippen LogP contribution in [0.4, 0.5) is 10.5 Å². The quantitative estimate of drug-likeness (QED) is 0.494. The molecule has 36 heavy (non-hydrogen) atoms. The smallest absolute Gasteiger partial charge is 0.408 e. The van der Waals surface area contributed by atoms with Crippen molar-refractivity contribution in [3.05, 3.63) is 63.7 Å². The maximum Gasteiger partial charge on any atom is 0.408 e. The lowest BCUT2D eigenvalue weighted by molar-refractivity contribution is -0.139. The normalized spacial score (nSPS) is 12.6. The first-order chi connectivity index (χ1) is 16.7. The molecule has 2 atom stereocenters. The van der Waals surface area contributed by atoms with Crippen LogP contribution in [0.3, 0.4) is 0 Å². The summed E-state index contributed by atoms with van der Waals surface area (Å²) >= 11 is 6.33. The molecule has 8 nitrogen and oxygen atoms in total. The highest BCUT2D eigenvalue weighted by Gasteiger charge is 2.35. The lowest BCUT2D eigenvalue weighted by Crippen LogP contribution is -2.51. The summed E-state index contributed by atoms with van der Waals surface area (Å²) in [4.78, 5) is 40.6. The fraction of sp³-hybridized carbons (Fsp3) is 0.407. The van der Waals surface area contributed by atoms with Gasteiger partial charge in [0, 0.05) is 0 Å². The van der Waals surface area contributed by atoms with Crippen LogP contribution in [0.15, 0.2) is 36.4 Å². The molecule has 0 bridgehead atoms. The Morgan fingerprint density at radius 3 is 2.31 bits per heavy atom. The first-order valence-electron chi connectivity index (χ1n) is 11.5. The molecule has 2 N–H and O–H groups in total. The SMILES string of the molecule is Cc1ccc(C(C(=O)Nc2c(C)cccc2Cl)N(CC#N)C(=O)C(C)NC(=O)OC(C)(C)C)cc1C. The molecule has 0 aliphatic heterocycles. The lowest BCUT2D eigenvalue weighted by Gasteiger charge is -2.32. The van der Waals surface area contributed by atoms with Gasteiger partial charge >= 0.3 is 6.09 Å². The van der Waals surface area contributed by atoms with Crippen molar-refractivity contribution in [3.8, 4) is 6.07 Å². The summed E-state index contributed by atoms with van der Waals surface area (Å²) in [6.45, 7) is 11.8. The summed E-state index contributed by atoms with van der Waals surface area (Å²) in [6, 6.07) is 10.4. The number of rotatable bonds is 7. The summed E-state index contributed by atoms with van der Waals surface area (Å²) in [6.07, 6.45) is -0.779. The van der Waals surface area contributed by atoms with Crippen molar-refractivity contribution in [1.29, 1.82) is 5.26 Å². The van der Waals surface area contributed by atoms with E-state index in [2.05, 4.69) is 10.6 Å². The Labute approximate surface area is 217 Å². The number of aryl methyl sites for hydroxylation is 3. The van der Waals surface area contributed by atoms with Gasteiger partial charge in [-0.15, -0.1) is 0 Å². The van der Waals surface area contributed by atoms with Gasteiger partial charge in [-0.05, 0) is 76.8 Å². The van der Waals surface area contributed by atoms with E-state index in [1.165, 1.54) is 6.92 Å². The molecule has 3 amide bonds. The van der Waals surface area contributed by atoms with E-state index in [1.807, 2.05) is 32.0 Å². The van der Waals surface area contributed by atoms with Gasteiger partial charge in [0.05, 0.1) is 16.8 Å². The number of alkyl carbamates (subject to hydrolysis) is 1. The molecule has 192 valence electrons. The van der Waals surface area contributed by atoms with Gasteiger partial charge in [-0.1, -0.05) is 41.9 Å². The Morgan fingerprint density at radius 1 is 1.08 bits per heavy atom. The second kappa shape index (κ2) is 11.9. The number of nitrogens with zero attached hydrogens (tertiary/aromatic N) is 2. The number of benzene rings is 2.